The van der Waals surface area contributed by atoms with Gasteiger partial charge in [-0.2, -0.15) is 0 Å². The minimum absolute atomic E-state index is 0.256. The molecule has 6 nitrogen and oxygen atoms in total. The number of aromatic nitrogens is 2. The first kappa shape index (κ1) is 20.3. The maximum atomic E-state index is 12.6. The average molecular weight is 390 g/mol. The zero-order valence-corrected chi connectivity index (χ0v) is 17.1. The Hall–Kier alpha value is -3.41. The van der Waals surface area contributed by atoms with Crippen LogP contribution >= 0.6 is 0 Å². The molecule has 0 aliphatic carbocycles. The summed E-state index contributed by atoms with van der Waals surface area (Å²) in [6.07, 6.45) is 2.43. The molecule has 29 heavy (non-hydrogen) atoms. The zero-order valence-electron chi connectivity index (χ0n) is 17.1. The number of hydrogen-bond donors (Lipinski definition) is 2. The molecular weight excluding hydrogens is 362 g/mol. The summed E-state index contributed by atoms with van der Waals surface area (Å²) in [6.45, 7) is 8.26. The Morgan fingerprint density at radius 3 is 2.38 bits per heavy atom. The number of nitrogens with one attached hydrogen (secondary N) is 2. The number of carbonyl (C=O) groups is 1. The molecular formula is C23H27N5O. The summed E-state index contributed by atoms with van der Waals surface area (Å²) in [7, 11) is 0. The van der Waals surface area contributed by atoms with E-state index in [2.05, 4.69) is 58.4 Å². The Bertz CT molecular complexity index is 951. The van der Waals surface area contributed by atoms with Gasteiger partial charge in [0, 0.05) is 36.3 Å². The van der Waals surface area contributed by atoms with E-state index in [4.69, 9.17) is 0 Å². The molecule has 0 atom stereocenters. The van der Waals surface area contributed by atoms with Crippen LogP contribution in [0, 0.1) is 0 Å². The van der Waals surface area contributed by atoms with E-state index in [0.29, 0.717) is 11.6 Å². The summed E-state index contributed by atoms with van der Waals surface area (Å²) in [5.41, 5.74) is 4.24. The van der Waals surface area contributed by atoms with Gasteiger partial charge in [-0.3, -0.25) is 4.79 Å². The SMILES string of the molecule is CCc1ccccc1NC(=O)c1ccnc(Nc2ccc(N(CC)CC)cc2)n1. The first-order chi connectivity index (χ1) is 14.1. The third-order valence-electron chi connectivity index (χ3n) is 4.79. The van der Waals surface area contributed by atoms with E-state index in [1.54, 1.807) is 12.3 Å². The minimum Gasteiger partial charge on any atom is -0.372 e. The van der Waals surface area contributed by atoms with Gasteiger partial charge in [0.15, 0.2) is 0 Å². The summed E-state index contributed by atoms with van der Waals surface area (Å²) >= 11 is 0. The number of carbonyl (C=O) groups excluding carboxylic acids is 1. The summed E-state index contributed by atoms with van der Waals surface area (Å²) in [5.74, 6) is 0.130. The molecule has 0 saturated heterocycles. The van der Waals surface area contributed by atoms with E-state index in [0.717, 1.165) is 36.4 Å². The lowest BCUT2D eigenvalue weighted by atomic mass is 10.1. The third kappa shape index (κ3) is 5.10. The molecule has 0 fully saturated rings. The van der Waals surface area contributed by atoms with Gasteiger partial charge in [-0.15, -0.1) is 0 Å². The van der Waals surface area contributed by atoms with Crippen LogP contribution in [0.2, 0.25) is 0 Å². The molecule has 1 aromatic heterocycles. The molecule has 0 radical (unpaired) electrons. The number of hydrogen-bond acceptors (Lipinski definition) is 5. The van der Waals surface area contributed by atoms with Gasteiger partial charge in [0.1, 0.15) is 5.69 Å². The van der Waals surface area contributed by atoms with Crippen LogP contribution in [-0.4, -0.2) is 29.0 Å². The predicted molar refractivity (Wildman–Crippen MR) is 119 cm³/mol. The van der Waals surface area contributed by atoms with Crippen LogP contribution in [0.3, 0.4) is 0 Å². The van der Waals surface area contributed by atoms with Crippen LogP contribution in [0.5, 0.6) is 0 Å². The van der Waals surface area contributed by atoms with Gasteiger partial charge in [-0.05, 0) is 62.2 Å². The van der Waals surface area contributed by atoms with Gasteiger partial charge in [0.25, 0.3) is 5.91 Å². The van der Waals surface area contributed by atoms with Gasteiger partial charge >= 0.3 is 0 Å². The molecule has 0 spiro atoms. The Kier molecular flexibility index (Phi) is 6.79. The van der Waals surface area contributed by atoms with Crippen LogP contribution < -0.4 is 15.5 Å². The van der Waals surface area contributed by atoms with Crippen molar-refractivity contribution in [2.45, 2.75) is 27.2 Å². The van der Waals surface area contributed by atoms with Crippen LogP contribution in [0.15, 0.2) is 60.8 Å². The highest BCUT2D eigenvalue weighted by Gasteiger charge is 2.11. The Labute approximate surface area is 172 Å². The van der Waals surface area contributed by atoms with E-state index in [1.807, 2.05) is 36.4 Å². The lowest BCUT2D eigenvalue weighted by Gasteiger charge is -2.21. The Morgan fingerprint density at radius 2 is 1.69 bits per heavy atom. The van der Waals surface area contributed by atoms with Gasteiger partial charge in [0.2, 0.25) is 5.95 Å². The van der Waals surface area contributed by atoms with E-state index < -0.39 is 0 Å². The van der Waals surface area contributed by atoms with Crippen LogP contribution in [0.25, 0.3) is 0 Å². The van der Waals surface area contributed by atoms with Gasteiger partial charge in [-0.1, -0.05) is 25.1 Å². The van der Waals surface area contributed by atoms with Crippen molar-refractivity contribution in [2.75, 3.05) is 28.6 Å². The normalized spacial score (nSPS) is 10.4. The van der Waals surface area contributed by atoms with Crippen molar-refractivity contribution in [3.05, 3.63) is 72.1 Å². The van der Waals surface area contributed by atoms with Crippen molar-refractivity contribution < 1.29 is 4.79 Å². The molecule has 0 unspecified atom stereocenters. The third-order valence-corrected chi connectivity index (χ3v) is 4.79. The van der Waals surface area contributed by atoms with E-state index in [9.17, 15) is 4.79 Å². The number of nitrogens with zero attached hydrogens (tertiary/aromatic N) is 3. The summed E-state index contributed by atoms with van der Waals surface area (Å²) < 4.78 is 0. The molecule has 3 rings (SSSR count). The number of aryl methyl sites for hydroxylation is 1. The van der Waals surface area contributed by atoms with Crippen molar-refractivity contribution in [3.63, 3.8) is 0 Å². The van der Waals surface area contributed by atoms with E-state index >= 15 is 0 Å². The number of anilines is 4. The quantitative estimate of drug-likeness (QED) is 0.574. The topological polar surface area (TPSA) is 70.2 Å². The Morgan fingerprint density at radius 1 is 0.966 bits per heavy atom. The predicted octanol–water partition coefficient (Wildman–Crippen LogP) is 4.88. The molecule has 0 bridgehead atoms. The van der Waals surface area contributed by atoms with Crippen LogP contribution in [0.1, 0.15) is 36.8 Å². The van der Waals surface area contributed by atoms with Crippen molar-refractivity contribution >= 4 is 28.9 Å². The second kappa shape index (κ2) is 9.68. The molecule has 1 amide bonds. The number of para-hydroxylation sites is 1. The van der Waals surface area contributed by atoms with Crippen molar-refractivity contribution in [3.8, 4) is 0 Å². The second-order valence-corrected chi connectivity index (χ2v) is 6.57. The van der Waals surface area contributed by atoms with Crippen LogP contribution in [0.4, 0.5) is 23.0 Å². The molecule has 2 aromatic carbocycles. The molecule has 0 saturated carbocycles. The van der Waals surface area contributed by atoms with E-state index in [-0.39, 0.29) is 5.91 Å². The summed E-state index contributed by atoms with van der Waals surface area (Å²) in [6, 6.07) is 17.5. The second-order valence-electron chi connectivity index (χ2n) is 6.57. The molecule has 3 aromatic rings. The largest absolute Gasteiger partial charge is 0.372 e. The maximum absolute atomic E-state index is 12.6. The molecule has 0 aliphatic heterocycles. The number of benzene rings is 2. The minimum atomic E-state index is -0.256. The zero-order chi connectivity index (χ0) is 20.6. The highest BCUT2D eigenvalue weighted by atomic mass is 16.1. The van der Waals surface area contributed by atoms with Gasteiger partial charge < -0.3 is 15.5 Å². The van der Waals surface area contributed by atoms with Crippen LogP contribution in [-0.2, 0) is 6.42 Å². The van der Waals surface area contributed by atoms with E-state index in [1.165, 1.54) is 5.69 Å². The first-order valence-corrected chi connectivity index (χ1v) is 9.98. The Balaban J connectivity index is 1.71. The molecule has 150 valence electrons. The molecule has 2 N–H and O–H groups in total. The lowest BCUT2D eigenvalue weighted by Crippen LogP contribution is -2.21. The monoisotopic (exact) mass is 389 g/mol. The lowest BCUT2D eigenvalue weighted by molar-refractivity contribution is 0.102. The van der Waals surface area contributed by atoms with Crippen molar-refractivity contribution in [1.82, 2.24) is 9.97 Å². The van der Waals surface area contributed by atoms with Gasteiger partial charge in [0.05, 0.1) is 0 Å². The highest BCUT2D eigenvalue weighted by Crippen LogP contribution is 2.20. The van der Waals surface area contributed by atoms with Crippen molar-refractivity contribution in [2.24, 2.45) is 0 Å². The maximum Gasteiger partial charge on any atom is 0.274 e. The number of rotatable bonds is 8. The van der Waals surface area contributed by atoms with Crippen molar-refractivity contribution in [1.29, 1.82) is 0 Å². The standard InChI is InChI=1S/C23H27N5O/c1-4-17-9-7-8-10-20(17)26-22(29)21-15-16-24-23(27-21)25-18-11-13-19(14-12-18)28(5-2)6-3/h7-16H,4-6H2,1-3H3,(H,26,29)(H,24,25,27). The fourth-order valence-electron chi connectivity index (χ4n) is 3.16. The average Bonchev–Trinajstić information content (AvgIpc) is 2.76. The summed E-state index contributed by atoms with van der Waals surface area (Å²) in [5, 5.41) is 6.11. The molecule has 1 heterocycles. The fraction of sp³-hybridized carbons (Fsp3) is 0.261. The first-order valence-electron chi connectivity index (χ1n) is 9.98. The smallest absolute Gasteiger partial charge is 0.274 e. The highest BCUT2D eigenvalue weighted by molar-refractivity contribution is 6.03. The van der Waals surface area contributed by atoms with Gasteiger partial charge in [-0.25, -0.2) is 9.97 Å². The fourth-order valence-corrected chi connectivity index (χ4v) is 3.16. The summed E-state index contributed by atoms with van der Waals surface area (Å²) in [4.78, 5) is 23.5. The molecule has 0 aliphatic rings. The number of amides is 1. The molecule has 6 heteroatoms.